The summed E-state index contributed by atoms with van der Waals surface area (Å²) < 4.78 is 96.4. The number of hydrogen-bond donors (Lipinski definition) is 1. The maximum atomic E-state index is 13.7. The van der Waals surface area contributed by atoms with E-state index in [4.69, 9.17) is 12.2 Å². The average molecular weight is 658 g/mol. The van der Waals surface area contributed by atoms with Crippen LogP contribution in [0.1, 0.15) is 37.4 Å². The second kappa shape index (κ2) is 12.4. The van der Waals surface area contributed by atoms with Crippen LogP contribution in [-0.2, 0) is 25.6 Å². The summed E-state index contributed by atoms with van der Waals surface area (Å²) >= 11 is 5.33. The lowest BCUT2D eigenvalue weighted by atomic mass is 9.95. The van der Waals surface area contributed by atoms with Crippen LogP contribution >= 0.6 is 12.2 Å². The second-order valence-electron chi connectivity index (χ2n) is 10.8. The van der Waals surface area contributed by atoms with Crippen LogP contribution in [0.15, 0.2) is 77.7 Å². The van der Waals surface area contributed by atoms with Crippen molar-refractivity contribution in [3.05, 3.63) is 88.9 Å². The van der Waals surface area contributed by atoms with Crippen molar-refractivity contribution in [2.75, 3.05) is 37.3 Å². The molecule has 0 saturated carbocycles. The molecule has 1 fully saturated rings. The number of halogens is 3. The van der Waals surface area contributed by atoms with Gasteiger partial charge in [-0.25, -0.2) is 16.8 Å². The first kappa shape index (κ1) is 33.3. The minimum Gasteiger partial charge on any atom is -0.376 e. The van der Waals surface area contributed by atoms with Gasteiger partial charge in [0.1, 0.15) is 0 Å². The first-order chi connectivity index (χ1) is 19.9. The van der Waals surface area contributed by atoms with Crippen LogP contribution in [0.4, 0.5) is 18.9 Å². The topological polar surface area (TPSA) is 98.2 Å². The number of sulfonamides is 2. The quantitative estimate of drug-likeness (QED) is 0.397. The highest BCUT2D eigenvalue weighted by molar-refractivity contribution is 7.96. The average Bonchev–Trinajstić information content (AvgIpc) is 2.95. The number of hydrogen-bond acceptors (Lipinski definition) is 7. The molecule has 3 atom stereocenters. The predicted molar refractivity (Wildman–Crippen MR) is 165 cm³/mol. The Morgan fingerprint density at radius 2 is 1.67 bits per heavy atom. The molecule has 43 heavy (non-hydrogen) atoms. The molecule has 2 aromatic rings. The molecule has 8 nitrogen and oxygen atoms in total. The minimum absolute atomic E-state index is 0.0218. The van der Waals surface area contributed by atoms with Gasteiger partial charge in [-0.1, -0.05) is 66.8 Å². The van der Waals surface area contributed by atoms with E-state index in [1.807, 2.05) is 6.07 Å². The monoisotopic (exact) mass is 657 g/mol. The molecule has 2 aromatic carbocycles. The summed E-state index contributed by atoms with van der Waals surface area (Å²) in [5.74, 6) is 0. The Balaban J connectivity index is 1.72. The Hall–Kier alpha value is -2.62. The smallest absolute Gasteiger partial charge is 0.376 e. The fraction of sp³-hybridized carbons (Fsp3) is 0.414. The first-order valence-electron chi connectivity index (χ1n) is 13.5. The van der Waals surface area contributed by atoms with Crippen LogP contribution in [0, 0.1) is 0 Å². The zero-order chi connectivity index (χ0) is 31.8. The maximum Gasteiger partial charge on any atom is 0.421 e. The number of thiocarbonyl (C=S) groups is 1. The van der Waals surface area contributed by atoms with Gasteiger partial charge < -0.3 is 10.0 Å². The number of allylic oxidation sites excluding steroid dienone is 4. The highest BCUT2D eigenvalue weighted by atomic mass is 32.2. The highest BCUT2D eigenvalue weighted by Gasteiger charge is 2.51. The summed E-state index contributed by atoms with van der Waals surface area (Å²) in [5.41, 5.74) is -2.23. The van der Waals surface area contributed by atoms with Gasteiger partial charge >= 0.3 is 6.18 Å². The Kier molecular flexibility index (Phi) is 9.60. The van der Waals surface area contributed by atoms with Crippen LogP contribution in [0.3, 0.4) is 0 Å². The first-order valence-corrected chi connectivity index (χ1v) is 17.2. The summed E-state index contributed by atoms with van der Waals surface area (Å²) in [7, 11) is -7.81. The van der Waals surface area contributed by atoms with Crippen molar-refractivity contribution in [3.63, 3.8) is 0 Å². The number of rotatable bonds is 9. The Morgan fingerprint density at radius 3 is 2.23 bits per heavy atom. The van der Waals surface area contributed by atoms with E-state index in [0.29, 0.717) is 19.0 Å². The second-order valence-corrected chi connectivity index (χ2v) is 15.2. The summed E-state index contributed by atoms with van der Waals surface area (Å²) in [5, 5.41) is 10.1. The molecule has 1 N–H and O–H groups in total. The number of aliphatic hydroxyl groups is 1. The van der Waals surface area contributed by atoms with Crippen LogP contribution in [0.5, 0.6) is 0 Å². The molecule has 0 radical (unpaired) electrons. The SMILES string of the molecule is C[C@@H](c1ccccc1)N(C[C@H]1CN(S(=O)(=O)C2=CC=CCC2=S)CCN1c1ccc([C@@](C)(O)C(F)(F)F)cc1)S(C)(=O)=O. The molecular weight excluding hydrogens is 624 g/mol. The van der Waals surface area contributed by atoms with Crippen molar-refractivity contribution in [1.82, 2.24) is 8.61 Å². The van der Waals surface area contributed by atoms with Gasteiger partial charge in [-0.05, 0) is 43.2 Å². The lowest BCUT2D eigenvalue weighted by Crippen LogP contribution is -2.59. The van der Waals surface area contributed by atoms with Gasteiger partial charge in [0.25, 0.3) is 0 Å². The molecule has 0 aromatic heterocycles. The van der Waals surface area contributed by atoms with E-state index < -0.39 is 43.9 Å². The third-order valence-corrected chi connectivity index (χ3v) is 11.7. The van der Waals surface area contributed by atoms with E-state index >= 15 is 0 Å². The molecule has 0 bridgehead atoms. The van der Waals surface area contributed by atoms with Crippen LogP contribution in [0.2, 0.25) is 0 Å². The zero-order valence-electron chi connectivity index (χ0n) is 23.9. The molecule has 2 aliphatic rings. The molecule has 234 valence electrons. The van der Waals surface area contributed by atoms with Crippen molar-refractivity contribution in [1.29, 1.82) is 0 Å². The fourth-order valence-electron chi connectivity index (χ4n) is 5.26. The summed E-state index contributed by atoms with van der Waals surface area (Å²) in [6, 6.07) is 12.9. The molecule has 1 aliphatic carbocycles. The Labute approximate surface area is 256 Å². The third-order valence-electron chi connectivity index (χ3n) is 7.87. The summed E-state index contributed by atoms with van der Waals surface area (Å²) in [4.78, 5) is 2.10. The third kappa shape index (κ3) is 7.04. The van der Waals surface area contributed by atoms with Crippen LogP contribution < -0.4 is 4.90 Å². The van der Waals surface area contributed by atoms with Gasteiger partial charge in [0.2, 0.25) is 20.0 Å². The number of piperazine rings is 1. The van der Waals surface area contributed by atoms with Crippen molar-refractivity contribution < 1.29 is 35.1 Å². The normalized spacial score (nSPS) is 21.0. The summed E-state index contributed by atoms with van der Waals surface area (Å²) in [6.45, 7) is 2.38. The van der Waals surface area contributed by atoms with Gasteiger partial charge in [-0.15, -0.1) is 0 Å². The Bertz CT molecular complexity index is 1610. The fourth-order valence-corrected chi connectivity index (χ4v) is 8.47. The molecule has 14 heteroatoms. The molecule has 0 unspecified atom stereocenters. The predicted octanol–water partition coefficient (Wildman–Crippen LogP) is 4.51. The van der Waals surface area contributed by atoms with E-state index in [1.54, 1.807) is 48.2 Å². The van der Waals surface area contributed by atoms with E-state index in [2.05, 4.69) is 0 Å². The molecule has 0 spiro atoms. The molecule has 4 rings (SSSR count). The highest BCUT2D eigenvalue weighted by Crippen LogP contribution is 2.39. The molecule has 1 heterocycles. The molecule has 1 aliphatic heterocycles. The standard InChI is InChI=1S/C29H34F3N3O5S3/c1-21(22-9-5-4-6-10-22)35(42(3,37)38)20-25-19-33(43(39,40)27-12-8-7-11-26(27)41)17-18-34(25)24-15-13-23(14-16-24)28(2,36)29(30,31)32/h4-10,12-16,21,25,36H,11,17-20H2,1-3H3/t21-,25+,28+/m0/s1. The maximum absolute atomic E-state index is 13.7. The summed E-state index contributed by atoms with van der Waals surface area (Å²) in [6.07, 6.45) is 1.34. The Morgan fingerprint density at radius 1 is 1.05 bits per heavy atom. The van der Waals surface area contributed by atoms with Gasteiger partial charge in [0, 0.05) is 49.2 Å². The van der Waals surface area contributed by atoms with Crippen LogP contribution in [0.25, 0.3) is 0 Å². The number of benzene rings is 2. The van der Waals surface area contributed by atoms with Crippen molar-refractivity contribution in [3.8, 4) is 0 Å². The van der Waals surface area contributed by atoms with Crippen molar-refractivity contribution in [2.45, 2.75) is 44.1 Å². The van der Waals surface area contributed by atoms with Crippen molar-refractivity contribution in [2.24, 2.45) is 0 Å². The minimum atomic E-state index is -4.90. The number of alkyl halides is 3. The molecule has 0 amide bonds. The zero-order valence-corrected chi connectivity index (χ0v) is 26.3. The van der Waals surface area contributed by atoms with E-state index in [0.717, 1.165) is 11.8 Å². The van der Waals surface area contributed by atoms with Gasteiger partial charge in [-0.3, -0.25) is 0 Å². The molecular formula is C29H34F3N3O5S3. The van der Waals surface area contributed by atoms with Gasteiger partial charge in [-0.2, -0.15) is 21.8 Å². The van der Waals surface area contributed by atoms with E-state index in [-0.39, 0.29) is 41.5 Å². The van der Waals surface area contributed by atoms with Gasteiger partial charge in [0.05, 0.1) is 17.2 Å². The van der Waals surface area contributed by atoms with E-state index in [9.17, 15) is 35.1 Å². The van der Waals surface area contributed by atoms with E-state index in [1.165, 1.54) is 39.0 Å². The van der Waals surface area contributed by atoms with Gasteiger partial charge in [0.15, 0.2) is 5.60 Å². The number of nitrogens with zero attached hydrogens (tertiary/aromatic N) is 3. The van der Waals surface area contributed by atoms with Crippen LogP contribution in [-0.4, -0.2) is 80.1 Å². The lowest BCUT2D eigenvalue weighted by Gasteiger charge is -2.44. The molecule has 1 saturated heterocycles. The lowest BCUT2D eigenvalue weighted by molar-refractivity contribution is -0.258. The number of anilines is 1. The largest absolute Gasteiger partial charge is 0.421 e. The van der Waals surface area contributed by atoms with Crippen molar-refractivity contribution >= 4 is 42.8 Å².